The van der Waals surface area contributed by atoms with Crippen LogP contribution in [-0.4, -0.2) is 49.5 Å². The van der Waals surface area contributed by atoms with Crippen LogP contribution in [-0.2, 0) is 14.3 Å². The number of nitrogens with one attached hydrogen (secondary N) is 2. The summed E-state index contributed by atoms with van der Waals surface area (Å²) in [7, 11) is 1.32. The van der Waals surface area contributed by atoms with Gasteiger partial charge in [0.25, 0.3) is 5.91 Å². The van der Waals surface area contributed by atoms with Crippen LogP contribution in [0.1, 0.15) is 29.6 Å². The van der Waals surface area contributed by atoms with E-state index in [1.807, 2.05) is 6.26 Å². The van der Waals surface area contributed by atoms with Crippen LogP contribution in [0.15, 0.2) is 24.3 Å². The number of hydrogen-bond acceptors (Lipinski definition) is 5. The Balaban J connectivity index is 2.60. The lowest BCUT2D eigenvalue weighted by Gasteiger charge is -2.18. The lowest BCUT2D eigenvalue weighted by molar-refractivity contribution is -0.140. The number of carbonyl (C=O) groups is 3. The SMILES string of the molecule is COC(=O)CCCNC(=O)[C@H](CCSC)NC(=O)c1ccccc1Cl. The highest BCUT2D eigenvalue weighted by Crippen LogP contribution is 2.15. The fourth-order valence-corrected chi connectivity index (χ4v) is 2.75. The fourth-order valence-electron chi connectivity index (χ4n) is 2.06. The van der Waals surface area contributed by atoms with Crippen LogP contribution in [0.3, 0.4) is 0 Å². The van der Waals surface area contributed by atoms with Gasteiger partial charge >= 0.3 is 5.97 Å². The second-order valence-corrected chi connectivity index (χ2v) is 6.65. The molecule has 0 saturated carbocycles. The molecule has 2 N–H and O–H groups in total. The van der Waals surface area contributed by atoms with Gasteiger partial charge in [-0.1, -0.05) is 23.7 Å². The molecule has 2 amide bonds. The van der Waals surface area contributed by atoms with Crippen LogP contribution < -0.4 is 10.6 Å². The summed E-state index contributed by atoms with van der Waals surface area (Å²) in [6.45, 7) is 0.339. The first kappa shape index (κ1) is 21.3. The first-order valence-corrected chi connectivity index (χ1v) is 9.65. The predicted molar refractivity (Wildman–Crippen MR) is 100.0 cm³/mol. The van der Waals surface area contributed by atoms with E-state index in [0.717, 1.165) is 5.75 Å². The lowest BCUT2D eigenvalue weighted by atomic mass is 10.1. The zero-order chi connectivity index (χ0) is 18.7. The maximum absolute atomic E-state index is 12.4. The number of amides is 2. The van der Waals surface area contributed by atoms with E-state index < -0.39 is 6.04 Å². The topological polar surface area (TPSA) is 84.5 Å². The monoisotopic (exact) mass is 386 g/mol. The first-order chi connectivity index (χ1) is 12.0. The summed E-state index contributed by atoms with van der Waals surface area (Å²) in [5.74, 6) is -0.260. The summed E-state index contributed by atoms with van der Waals surface area (Å²) in [6, 6.07) is 6.02. The number of rotatable bonds is 10. The normalized spacial score (nSPS) is 11.5. The Morgan fingerprint density at radius 1 is 1.28 bits per heavy atom. The van der Waals surface area contributed by atoms with Gasteiger partial charge in [-0.2, -0.15) is 11.8 Å². The summed E-state index contributed by atoms with van der Waals surface area (Å²) in [4.78, 5) is 35.7. The zero-order valence-electron chi connectivity index (χ0n) is 14.3. The summed E-state index contributed by atoms with van der Waals surface area (Å²) in [5, 5.41) is 5.80. The van der Waals surface area contributed by atoms with Crippen molar-refractivity contribution in [3.63, 3.8) is 0 Å². The Morgan fingerprint density at radius 2 is 2.00 bits per heavy atom. The van der Waals surface area contributed by atoms with E-state index in [-0.39, 0.29) is 24.2 Å². The van der Waals surface area contributed by atoms with E-state index in [1.165, 1.54) is 7.11 Å². The molecule has 0 aliphatic carbocycles. The highest BCUT2D eigenvalue weighted by Gasteiger charge is 2.21. The average molecular weight is 387 g/mol. The minimum Gasteiger partial charge on any atom is -0.469 e. The first-order valence-electron chi connectivity index (χ1n) is 7.88. The smallest absolute Gasteiger partial charge is 0.305 e. The maximum Gasteiger partial charge on any atom is 0.305 e. The molecule has 0 radical (unpaired) electrons. The van der Waals surface area contributed by atoms with Gasteiger partial charge in [-0.3, -0.25) is 14.4 Å². The molecule has 0 spiro atoms. The number of methoxy groups -OCH3 is 1. The van der Waals surface area contributed by atoms with Crippen LogP contribution in [0.5, 0.6) is 0 Å². The highest BCUT2D eigenvalue weighted by molar-refractivity contribution is 7.98. The Bertz CT molecular complexity index is 598. The number of ether oxygens (including phenoxy) is 1. The molecule has 0 unspecified atom stereocenters. The third-order valence-electron chi connectivity index (χ3n) is 3.44. The van der Waals surface area contributed by atoms with E-state index >= 15 is 0 Å². The molecule has 1 aromatic carbocycles. The summed E-state index contributed by atoms with van der Waals surface area (Å²) in [6.07, 6.45) is 3.14. The molecule has 1 aromatic rings. The van der Waals surface area contributed by atoms with Gasteiger partial charge in [0.2, 0.25) is 5.91 Å². The highest BCUT2D eigenvalue weighted by atomic mass is 35.5. The van der Waals surface area contributed by atoms with E-state index in [1.54, 1.807) is 36.0 Å². The van der Waals surface area contributed by atoms with E-state index in [4.69, 9.17) is 11.6 Å². The Labute approximate surface area is 157 Å². The van der Waals surface area contributed by atoms with E-state index in [2.05, 4.69) is 15.4 Å². The zero-order valence-corrected chi connectivity index (χ0v) is 15.9. The Morgan fingerprint density at radius 3 is 2.64 bits per heavy atom. The van der Waals surface area contributed by atoms with Crippen LogP contribution in [0, 0.1) is 0 Å². The molecular formula is C17H23ClN2O4S. The molecule has 25 heavy (non-hydrogen) atoms. The van der Waals surface area contributed by atoms with Crippen molar-refractivity contribution in [1.82, 2.24) is 10.6 Å². The minimum absolute atomic E-state index is 0.234. The van der Waals surface area contributed by atoms with Gasteiger partial charge < -0.3 is 15.4 Å². The summed E-state index contributed by atoms with van der Waals surface area (Å²) in [5.41, 5.74) is 0.330. The molecule has 0 heterocycles. The number of esters is 1. The van der Waals surface area contributed by atoms with Crippen molar-refractivity contribution < 1.29 is 19.1 Å². The van der Waals surface area contributed by atoms with Gasteiger partial charge in [0.1, 0.15) is 6.04 Å². The fraction of sp³-hybridized carbons (Fsp3) is 0.471. The number of carbonyl (C=O) groups excluding carboxylic acids is 3. The summed E-state index contributed by atoms with van der Waals surface area (Å²) < 4.78 is 4.55. The molecule has 0 bridgehead atoms. The van der Waals surface area contributed by atoms with Crippen molar-refractivity contribution in [1.29, 1.82) is 0 Å². The number of thioether (sulfide) groups is 1. The number of benzene rings is 1. The van der Waals surface area contributed by atoms with E-state index in [0.29, 0.717) is 30.0 Å². The second-order valence-electron chi connectivity index (χ2n) is 5.26. The van der Waals surface area contributed by atoms with Crippen LogP contribution in [0.2, 0.25) is 5.02 Å². The third kappa shape index (κ3) is 7.79. The van der Waals surface area contributed by atoms with Crippen LogP contribution in [0.4, 0.5) is 0 Å². The molecule has 6 nitrogen and oxygen atoms in total. The second kappa shape index (κ2) is 11.8. The molecule has 0 saturated heterocycles. The average Bonchev–Trinajstić information content (AvgIpc) is 2.61. The molecule has 0 fully saturated rings. The van der Waals surface area contributed by atoms with Crippen molar-refractivity contribution >= 4 is 41.1 Å². The van der Waals surface area contributed by atoms with Crippen molar-refractivity contribution in [3.05, 3.63) is 34.9 Å². The number of hydrogen-bond donors (Lipinski definition) is 2. The molecule has 0 aliphatic rings. The van der Waals surface area contributed by atoms with Crippen LogP contribution >= 0.6 is 23.4 Å². The molecule has 0 aromatic heterocycles. The Hall–Kier alpha value is -1.73. The maximum atomic E-state index is 12.4. The Kier molecular flexibility index (Phi) is 10.0. The van der Waals surface area contributed by atoms with Crippen LogP contribution in [0.25, 0.3) is 0 Å². The summed E-state index contributed by atoms with van der Waals surface area (Å²) >= 11 is 7.61. The number of halogens is 1. The quantitative estimate of drug-likeness (QED) is 0.476. The van der Waals surface area contributed by atoms with Crippen molar-refractivity contribution in [2.45, 2.75) is 25.3 Å². The molecule has 138 valence electrons. The van der Waals surface area contributed by atoms with Gasteiger partial charge in [0, 0.05) is 13.0 Å². The predicted octanol–water partition coefficient (Wildman–Crippen LogP) is 2.26. The van der Waals surface area contributed by atoms with Crippen molar-refractivity contribution in [2.24, 2.45) is 0 Å². The largest absolute Gasteiger partial charge is 0.469 e. The van der Waals surface area contributed by atoms with Crippen molar-refractivity contribution in [2.75, 3.05) is 25.7 Å². The molecule has 8 heteroatoms. The van der Waals surface area contributed by atoms with Gasteiger partial charge in [0.15, 0.2) is 0 Å². The van der Waals surface area contributed by atoms with Gasteiger partial charge in [-0.15, -0.1) is 0 Å². The molecule has 1 rings (SSSR count). The van der Waals surface area contributed by atoms with Gasteiger partial charge in [-0.05, 0) is 37.0 Å². The molecule has 0 aliphatic heterocycles. The molecule has 1 atom stereocenters. The van der Waals surface area contributed by atoms with Crippen molar-refractivity contribution in [3.8, 4) is 0 Å². The van der Waals surface area contributed by atoms with E-state index in [9.17, 15) is 14.4 Å². The standard InChI is InChI=1S/C17H23ClN2O4S/c1-24-15(21)8-5-10-19-17(23)14(9-11-25-2)20-16(22)12-6-3-4-7-13(12)18/h3-4,6-7,14H,5,8-11H2,1-2H3,(H,19,23)(H,20,22)/t14-/m0/s1. The molecular weight excluding hydrogens is 364 g/mol. The van der Waals surface area contributed by atoms with Gasteiger partial charge in [0.05, 0.1) is 17.7 Å². The van der Waals surface area contributed by atoms with Gasteiger partial charge in [-0.25, -0.2) is 0 Å². The lowest BCUT2D eigenvalue weighted by Crippen LogP contribution is -2.47. The third-order valence-corrected chi connectivity index (χ3v) is 4.41. The minimum atomic E-state index is -0.658.